The van der Waals surface area contributed by atoms with Crippen LogP contribution in [0.15, 0.2) is 48.5 Å². The highest BCUT2D eigenvalue weighted by atomic mass is 35.5. The number of rotatable bonds is 7. The van der Waals surface area contributed by atoms with Crippen molar-refractivity contribution in [3.8, 4) is 23.0 Å². The van der Waals surface area contributed by atoms with Crippen molar-refractivity contribution in [1.82, 2.24) is 4.90 Å². The molecule has 3 aromatic rings. The van der Waals surface area contributed by atoms with E-state index < -0.39 is 0 Å². The Labute approximate surface area is 211 Å². The number of methoxy groups -OCH3 is 4. The van der Waals surface area contributed by atoms with E-state index in [0.717, 1.165) is 22.3 Å². The van der Waals surface area contributed by atoms with Crippen LogP contribution in [0.2, 0.25) is 5.02 Å². The summed E-state index contributed by atoms with van der Waals surface area (Å²) in [5.74, 6) is 2.57. The summed E-state index contributed by atoms with van der Waals surface area (Å²) < 4.78 is 22.0. The normalized spacial score (nSPS) is 14.8. The highest BCUT2D eigenvalue weighted by Gasteiger charge is 2.33. The quantitative estimate of drug-likeness (QED) is 0.423. The van der Waals surface area contributed by atoms with E-state index >= 15 is 0 Å². The Kier molecular flexibility index (Phi) is 7.41. The molecule has 0 aliphatic carbocycles. The molecule has 0 radical (unpaired) electrons. The fourth-order valence-electron chi connectivity index (χ4n) is 4.61. The van der Waals surface area contributed by atoms with E-state index in [0.29, 0.717) is 53.0 Å². The van der Waals surface area contributed by atoms with Gasteiger partial charge in [0.2, 0.25) is 0 Å². The van der Waals surface area contributed by atoms with Gasteiger partial charge in [-0.1, -0.05) is 23.7 Å². The number of hydrogen-bond acceptors (Lipinski definition) is 5. The topological polar surface area (TPSA) is 57.2 Å². The SMILES string of the molecule is COc1ccc(C[C@H]2c3cc(OC)c(OC)cc3CCN2C(=O)c2ccc(C)c(Cl)c2)cc1OC. The second kappa shape index (κ2) is 10.5. The van der Waals surface area contributed by atoms with Crippen LogP contribution < -0.4 is 18.9 Å². The summed E-state index contributed by atoms with van der Waals surface area (Å²) in [5.41, 5.74) is 4.71. The van der Waals surface area contributed by atoms with E-state index in [2.05, 4.69) is 0 Å². The summed E-state index contributed by atoms with van der Waals surface area (Å²) in [5, 5.41) is 0.580. The molecule has 1 atom stereocenters. The maximum Gasteiger partial charge on any atom is 0.254 e. The van der Waals surface area contributed by atoms with Gasteiger partial charge in [0.25, 0.3) is 5.91 Å². The Morgan fingerprint density at radius 2 is 1.54 bits per heavy atom. The molecule has 0 fully saturated rings. The number of benzene rings is 3. The highest BCUT2D eigenvalue weighted by molar-refractivity contribution is 6.31. The number of fused-ring (bicyclic) bond motifs is 1. The lowest BCUT2D eigenvalue weighted by Crippen LogP contribution is -2.41. The smallest absolute Gasteiger partial charge is 0.254 e. The molecule has 1 aliphatic heterocycles. The summed E-state index contributed by atoms with van der Waals surface area (Å²) in [6.45, 7) is 2.50. The van der Waals surface area contributed by atoms with Gasteiger partial charge in [-0.3, -0.25) is 4.79 Å². The number of aryl methyl sites for hydroxylation is 1. The molecule has 0 aromatic heterocycles. The first-order valence-corrected chi connectivity index (χ1v) is 11.8. The van der Waals surface area contributed by atoms with E-state index in [-0.39, 0.29) is 11.9 Å². The van der Waals surface area contributed by atoms with Crippen molar-refractivity contribution in [2.24, 2.45) is 0 Å². The van der Waals surface area contributed by atoms with Crippen molar-refractivity contribution >= 4 is 17.5 Å². The molecule has 4 rings (SSSR count). The number of amides is 1. The van der Waals surface area contributed by atoms with Gasteiger partial charge in [0.1, 0.15) is 0 Å². The molecule has 0 bridgehead atoms. The van der Waals surface area contributed by atoms with Gasteiger partial charge in [-0.15, -0.1) is 0 Å². The molecule has 0 N–H and O–H groups in total. The number of carbonyl (C=O) groups excluding carboxylic acids is 1. The van der Waals surface area contributed by atoms with Crippen LogP contribution in [0.5, 0.6) is 23.0 Å². The third kappa shape index (κ3) is 4.89. The minimum Gasteiger partial charge on any atom is -0.493 e. The third-order valence-corrected chi connectivity index (χ3v) is 6.97. The zero-order chi connectivity index (χ0) is 25.1. The van der Waals surface area contributed by atoms with Gasteiger partial charge < -0.3 is 23.8 Å². The van der Waals surface area contributed by atoms with Crippen LogP contribution in [0.1, 0.15) is 38.7 Å². The van der Waals surface area contributed by atoms with E-state index in [1.165, 1.54) is 0 Å². The first kappa shape index (κ1) is 24.7. The number of nitrogens with zero attached hydrogens (tertiary/aromatic N) is 1. The first-order chi connectivity index (χ1) is 16.9. The molecule has 0 unspecified atom stereocenters. The molecule has 3 aromatic carbocycles. The Balaban J connectivity index is 1.79. The molecule has 7 heteroatoms. The third-order valence-electron chi connectivity index (χ3n) is 6.56. The maximum absolute atomic E-state index is 13.7. The van der Waals surface area contributed by atoms with Crippen molar-refractivity contribution in [3.63, 3.8) is 0 Å². The van der Waals surface area contributed by atoms with Gasteiger partial charge in [0.15, 0.2) is 23.0 Å². The molecule has 184 valence electrons. The molecule has 35 heavy (non-hydrogen) atoms. The summed E-state index contributed by atoms with van der Waals surface area (Å²) >= 11 is 6.35. The Bertz CT molecular complexity index is 1240. The predicted molar refractivity (Wildman–Crippen MR) is 136 cm³/mol. The first-order valence-electron chi connectivity index (χ1n) is 11.4. The van der Waals surface area contributed by atoms with Crippen LogP contribution in [0.25, 0.3) is 0 Å². The van der Waals surface area contributed by atoms with Gasteiger partial charge in [-0.25, -0.2) is 0 Å². The molecule has 1 amide bonds. The molecular weight excluding hydrogens is 466 g/mol. The Morgan fingerprint density at radius 1 is 0.886 bits per heavy atom. The monoisotopic (exact) mass is 495 g/mol. The maximum atomic E-state index is 13.7. The average Bonchev–Trinajstić information content (AvgIpc) is 2.89. The second-order valence-corrected chi connectivity index (χ2v) is 8.93. The summed E-state index contributed by atoms with van der Waals surface area (Å²) in [6.07, 6.45) is 1.30. The zero-order valence-corrected chi connectivity index (χ0v) is 21.4. The molecule has 0 saturated carbocycles. The molecule has 6 nitrogen and oxygen atoms in total. The van der Waals surface area contributed by atoms with Crippen molar-refractivity contribution < 1.29 is 23.7 Å². The van der Waals surface area contributed by atoms with Crippen LogP contribution in [0, 0.1) is 6.92 Å². The summed E-state index contributed by atoms with van der Waals surface area (Å²) in [7, 11) is 6.48. The number of hydrogen-bond donors (Lipinski definition) is 0. The fourth-order valence-corrected chi connectivity index (χ4v) is 4.79. The standard InChI is InChI=1S/C28H30ClNO5/c1-17-6-8-20(14-22(17)29)28(31)30-11-10-19-15-26(34-4)27(35-5)16-21(19)23(30)12-18-7-9-24(32-2)25(13-18)33-3/h6-9,13-16,23H,10-12H2,1-5H3/t23-/m0/s1. The van der Waals surface area contributed by atoms with Crippen LogP contribution in [-0.2, 0) is 12.8 Å². The van der Waals surface area contributed by atoms with Crippen LogP contribution >= 0.6 is 11.6 Å². The van der Waals surface area contributed by atoms with Gasteiger partial charge in [0.05, 0.1) is 34.5 Å². The minimum atomic E-state index is -0.218. The Hall–Kier alpha value is -3.38. The molecule has 1 heterocycles. The zero-order valence-electron chi connectivity index (χ0n) is 20.7. The summed E-state index contributed by atoms with van der Waals surface area (Å²) in [4.78, 5) is 15.7. The van der Waals surface area contributed by atoms with Gasteiger partial charge in [-0.05, 0) is 78.4 Å². The van der Waals surface area contributed by atoms with Crippen molar-refractivity contribution in [1.29, 1.82) is 0 Å². The van der Waals surface area contributed by atoms with Gasteiger partial charge in [0, 0.05) is 17.1 Å². The van der Waals surface area contributed by atoms with Crippen molar-refractivity contribution in [2.75, 3.05) is 35.0 Å². The van der Waals surface area contributed by atoms with Crippen molar-refractivity contribution in [3.05, 3.63) is 81.4 Å². The van der Waals surface area contributed by atoms with Crippen molar-refractivity contribution in [2.45, 2.75) is 25.8 Å². The predicted octanol–water partition coefficient (Wildman–Crippen LogP) is 5.67. The lowest BCUT2D eigenvalue weighted by Gasteiger charge is -2.38. The number of ether oxygens (including phenoxy) is 4. The molecular formula is C28H30ClNO5. The van der Waals surface area contributed by atoms with Crippen LogP contribution in [0.4, 0.5) is 0 Å². The van der Waals surface area contributed by atoms with Gasteiger partial charge >= 0.3 is 0 Å². The summed E-state index contributed by atoms with van der Waals surface area (Å²) in [6, 6.07) is 15.1. The second-order valence-electron chi connectivity index (χ2n) is 8.53. The van der Waals surface area contributed by atoms with E-state index in [1.807, 2.05) is 54.3 Å². The molecule has 1 aliphatic rings. The van der Waals surface area contributed by atoms with Crippen LogP contribution in [-0.4, -0.2) is 45.8 Å². The lowest BCUT2D eigenvalue weighted by atomic mass is 9.87. The van der Waals surface area contributed by atoms with E-state index in [4.69, 9.17) is 30.5 Å². The van der Waals surface area contributed by atoms with E-state index in [9.17, 15) is 4.79 Å². The number of carbonyl (C=O) groups is 1. The average molecular weight is 496 g/mol. The van der Waals surface area contributed by atoms with E-state index in [1.54, 1.807) is 34.5 Å². The lowest BCUT2D eigenvalue weighted by molar-refractivity contribution is 0.0659. The highest BCUT2D eigenvalue weighted by Crippen LogP contribution is 2.41. The molecule has 0 spiro atoms. The van der Waals surface area contributed by atoms with Gasteiger partial charge in [-0.2, -0.15) is 0 Å². The Morgan fingerprint density at radius 3 is 2.20 bits per heavy atom. The largest absolute Gasteiger partial charge is 0.493 e. The fraction of sp³-hybridized carbons (Fsp3) is 0.321. The minimum absolute atomic E-state index is 0.0576. The number of halogens is 1. The van der Waals surface area contributed by atoms with Crippen LogP contribution in [0.3, 0.4) is 0 Å². The molecule has 0 saturated heterocycles.